The molecule has 10 nitrogen and oxygen atoms in total. The molecule has 0 fully saturated rings. The molecule has 2 aromatic carbocycles. The predicted molar refractivity (Wildman–Crippen MR) is 140 cm³/mol. The fourth-order valence-corrected chi connectivity index (χ4v) is 4.05. The van der Waals surface area contributed by atoms with E-state index in [2.05, 4.69) is 36.6 Å². The first-order valence-corrected chi connectivity index (χ1v) is 12.0. The summed E-state index contributed by atoms with van der Waals surface area (Å²) in [6, 6.07) is 9.43. The zero-order chi connectivity index (χ0) is 26.4. The van der Waals surface area contributed by atoms with Gasteiger partial charge in [0, 0.05) is 32.1 Å². The Hall–Kier alpha value is -3.80. The molecule has 1 aromatic heterocycles. The van der Waals surface area contributed by atoms with Crippen LogP contribution in [0.3, 0.4) is 0 Å². The molecule has 0 spiro atoms. The highest BCUT2D eigenvalue weighted by Gasteiger charge is 2.23. The third kappa shape index (κ3) is 6.31. The third-order valence-corrected chi connectivity index (χ3v) is 6.09. The molecule has 2 amide bonds. The van der Waals surface area contributed by atoms with Gasteiger partial charge >= 0.3 is 0 Å². The Balaban J connectivity index is 1.52. The van der Waals surface area contributed by atoms with E-state index in [1.807, 2.05) is 12.1 Å². The van der Waals surface area contributed by atoms with Crippen LogP contribution in [0.4, 0.5) is 33.2 Å². The number of rotatable bonds is 9. The van der Waals surface area contributed by atoms with E-state index in [1.165, 1.54) is 31.4 Å². The summed E-state index contributed by atoms with van der Waals surface area (Å²) >= 11 is 6.26. The van der Waals surface area contributed by atoms with E-state index < -0.39 is 11.7 Å². The van der Waals surface area contributed by atoms with Crippen LogP contribution in [0, 0.1) is 5.82 Å². The molecular weight excluding hydrogens is 501 g/mol. The molecule has 2 heterocycles. The van der Waals surface area contributed by atoms with Gasteiger partial charge in [0.25, 0.3) is 5.91 Å². The van der Waals surface area contributed by atoms with Crippen LogP contribution in [0.15, 0.2) is 42.6 Å². The van der Waals surface area contributed by atoms with E-state index >= 15 is 0 Å². The summed E-state index contributed by atoms with van der Waals surface area (Å²) in [5.41, 5.74) is 2.38. The number of ether oxygens (including phenoxy) is 1. The summed E-state index contributed by atoms with van der Waals surface area (Å²) < 4.78 is 19.6. The summed E-state index contributed by atoms with van der Waals surface area (Å²) in [7, 11) is 3.07. The summed E-state index contributed by atoms with van der Waals surface area (Å²) in [5.74, 6) is -0.917. The summed E-state index contributed by atoms with van der Waals surface area (Å²) in [4.78, 5) is 33.4. The van der Waals surface area contributed by atoms with Crippen molar-refractivity contribution in [2.75, 3.05) is 43.3 Å². The van der Waals surface area contributed by atoms with Crippen LogP contribution in [0.5, 0.6) is 0 Å². The van der Waals surface area contributed by atoms with Gasteiger partial charge in [-0.05, 0) is 42.7 Å². The van der Waals surface area contributed by atoms with Crippen molar-refractivity contribution in [3.8, 4) is 0 Å². The standard InChI is InChI=1S/C25H27ClFN7O3/c1-28-23(35)16-4-3-5-18(27)21(16)33-22-17(26)13-30-25(34-22)31-15-8-6-14-7-9-19(29-10-11-37-2)24(36)32-20(14)12-15/h3-6,8,12-13,19,29H,7,9-11H2,1-2H3,(H,28,35)(H,32,36)(H2,30,31,33,34). The van der Waals surface area contributed by atoms with Crippen molar-refractivity contribution in [2.24, 2.45) is 0 Å². The fourth-order valence-electron chi connectivity index (χ4n) is 3.91. The number of fused-ring (bicyclic) bond motifs is 1. The normalized spacial score (nSPS) is 14.8. The highest BCUT2D eigenvalue weighted by Crippen LogP contribution is 2.30. The van der Waals surface area contributed by atoms with Crippen molar-refractivity contribution >= 4 is 52.2 Å². The molecule has 0 radical (unpaired) electrons. The number of methoxy groups -OCH3 is 1. The zero-order valence-electron chi connectivity index (χ0n) is 20.3. The second-order valence-corrected chi connectivity index (χ2v) is 8.69. The minimum atomic E-state index is -0.637. The third-order valence-electron chi connectivity index (χ3n) is 5.81. The molecule has 0 saturated heterocycles. The van der Waals surface area contributed by atoms with Gasteiger partial charge in [-0.3, -0.25) is 9.59 Å². The molecule has 4 rings (SSSR count). The number of halogens is 2. The average Bonchev–Trinajstić information content (AvgIpc) is 3.04. The number of para-hydroxylation sites is 1. The quantitative estimate of drug-likeness (QED) is 0.267. The van der Waals surface area contributed by atoms with Crippen LogP contribution < -0.4 is 26.6 Å². The maximum Gasteiger partial charge on any atom is 0.253 e. The van der Waals surface area contributed by atoms with Gasteiger partial charge in [0.05, 0.1) is 30.1 Å². The van der Waals surface area contributed by atoms with Gasteiger partial charge in [0.2, 0.25) is 11.9 Å². The Labute approximate surface area is 218 Å². The van der Waals surface area contributed by atoms with Crippen molar-refractivity contribution < 1.29 is 18.7 Å². The predicted octanol–water partition coefficient (Wildman–Crippen LogP) is 3.61. The van der Waals surface area contributed by atoms with Crippen molar-refractivity contribution in [2.45, 2.75) is 18.9 Å². The lowest BCUT2D eigenvalue weighted by molar-refractivity contribution is -0.118. The number of carbonyl (C=O) groups excluding carboxylic acids is 2. The molecule has 0 saturated carbocycles. The van der Waals surface area contributed by atoms with Crippen LogP contribution in [-0.2, 0) is 16.0 Å². The van der Waals surface area contributed by atoms with Crippen molar-refractivity contribution in [1.29, 1.82) is 0 Å². The Morgan fingerprint density at radius 3 is 2.89 bits per heavy atom. The first-order valence-electron chi connectivity index (χ1n) is 11.6. The molecule has 1 unspecified atom stereocenters. The van der Waals surface area contributed by atoms with Crippen LogP contribution in [0.2, 0.25) is 5.02 Å². The lowest BCUT2D eigenvalue weighted by Gasteiger charge is -2.15. The molecule has 1 aliphatic rings. The number of hydrogen-bond acceptors (Lipinski definition) is 8. The van der Waals surface area contributed by atoms with Crippen LogP contribution in [0.25, 0.3) is 0 Å². The first kappa shape index (κ1) is 26.3. The van der Waals surface area contributed by atoms with Gasteiger partial charge < -0.3 is 31.3 Å². The van der Waals surface area contributed by atoms with E-state index in [4.69, 9.17) is 16.3 Å². The highest BCUT2D eigenvalue weighted by molar-refractivity contribution is 6.33. The van der Waals surface area contributed by atoms with Crippen LogP contribution in [0.1, 0.15) is 22.3 Å². The van der Waals surface area contributed by atoms with Crippen LogP contribution >= 0.6 is 11.6 Å². The van der Waals surface area contributed by atoms with Gasteiger partial charge in [-0.25, -0.2) is 9.37 Å². The SMILES string of the molecule is CNC(=O)c1cccc(F)c1Nc1nc(Nc2ccc3c(c2)NC(=O)C(NCCOC)CC3)ncc1Cl. The van der Waals surface area contributed by atoms with E-state index in [-0.39, 0.29) is 40.0 Å². The molecule has 1 atom stereocenters. The van der Waals surface area contributed by atoms with Crippen molar-refractivity contribution in [1.82, 2.24) is 20.6 Å². The maximum absolute atomic E-state index is 14.6. The second-order valence-electron chi connectivity index (χ2n) is 8.28. The number of nitrogens with zero attached hydrogens (tertiary/aromatic N) is 2. The topological polar surface area (TPSA) is 129 Å². The van der Waals surface area contributed by atoms with Gasteiger partial charge in [0.1, 0.15) is 10.8 Å². The molecule has 37 heavy (non-hydrogen) atoms. The molecule has 0 bridgehead atoms. The Kier molecular flexibility index (Phi) is 8.49. The van der Waals surface area contributed by atoms with Gasteiger partial charge in [-0.1, -0.05) is 23.7 Å². The molecule has 1 aliphatic heterocycles. The number of anilines is 5. The lowest BCUT2D eigenvalue weighted by Crippen LogP contribution is -2.41. The van der Waals surface area contributed by atoms with E-state index in [1.54, 1.807) is 13.2 Å². The van der Waals surface area contributed by atoms with E-state index in [0.29, 0.717) is 30.9 Å². The van der Waals surface area contributed by atoms with Gasteiger partial charge in [-0.15, -0.1) is 0 Å². The molecule has 12 heteroatoms. The molecular formula is C25H27ClFN7O3. The maximum atomic E-state index is 14.6. The number of nitrogens with one attached hydrogen (secondary N) is 5. The van der Waals surface area contributed by atoms with Gasteiger partial charge in [0.15, 0.2) is 5.82 Å². The monoisotopic (exact) mass is 527 g/mol. The molecule has 5 N–H and O–H groups in total. The Morgan fingerprint density at radius 2 is 2.11 bits per heavy atom. The first-order chi connectivity index (χ1) is 17.9. The summed E-state index contributed by atoms with van der Waals surface area (Å²) in [5, 5.41) is 14.7. The number of amides is 2. The number of carbonyl (C=O) groups is 2. The number of aromatic nitrogens is 2. The van der Waals surface area contributed by atoms with Crippen molar-refractivity contribution in [3.63, 3.8) is 0 Å². The van der Waals surface area contributed by atoms with Crippen LogP contribution in [-0.4, -0.2) is 55.1 Å². The molecule has 194 valence electrons. The number of aryl methyl sites for hydroxylation is 1. The Bertz CT molecular complexity index is 1310. The largest absolute Gasteiger partial charge is 0.383 e. The number of benzene rings is 2. The smallest absolute Gasteiger partial charge is 0.253 e. The molecule has 0 aliphatic carbocycles. The van der Waals surface area contributed by atoms with E-state index in [9.17, 15) is 14.0 Å². The summed E-state index contributed by atoms with van der Waals surface area (Å²) in [6.07, 6.45) is 2.75. The Morgan fingerprint density at radius 1 is 1.27 bits per heavy atom. The number of hydrogen-bond donors (Lipinski definition) is 5. The fraction of sp³-hybridized carbons (Fsp3) is 0.280. The molecule has 3 aromatic rings. The average molecular weight is 528 g/mol. The summed E-state index contributed by atoms with van der Waals surface area (Å²) in [6.45, 7) is 1.10. The highest BCUT2D eigenvalue weighted by atomic mass is 35.5. The minimum absolute atomic E-state index is 0.0604. The zero-order valence-corrected chi connectivity index (χ0v) is 21.1. The van der Waals surface area contributed by atoms with E-state index in [0.717, 1.165) is 12.0 Å². The lowest BCUT2D eigenvalue weighted by atomic mass is 10.1. The minimum Gasteiger partial charge on any atom is -0.383 e. The second kappa shape index (κ2) is 12.0. The van der Waals surface area contributed by atoms with Crippen molar-refractivity contribution in [3.05, 3.63) is 64.6 Å². The van der Waals surface area contributed by atoms with Gasteiger partial charge in [-0.2, -0.15) is 4.98 Å².